The molecular formula is C47H82NO10P. The van der Waals surface area contributed by atoms with Gasteiger partial charge in [-0.2, -0.15) is 0 Å². The van der Waals surface area contributed by atoms with Gasteiger partial charge in [0, 0.05) is 12.8 Å². The van der Waals surface area contributed by atoms with Gasteiger partial charge in [0.05, 0.1) is 13.2 Å². The number of allylic oxidation sites excluding steroid dienone is 10. The number of aliphatic hydroxyl groups is 1. The van der Waals surface area contributed by atoms with Crippen molar-refractivity contribution in [3.05, 3.63) is 60.8 Å². The first kappa shape index (κ1) is 56.2. The maximum atomic E-state index is 12.3. The number of phosphoric ester groups is 1. The lowest BCUT2D eigenvalue weighted by Crippen LogP contribution is -2.43. The van der Waals surface area contributed by atoms with E-state index in [0.717, 1.165) is 70.6 Å². The number of unbranched alkanes of at least 4 members (excludes halogenated alkanes) is 18. The van der Waals surface area contributed by atoms with Crippen LogP contribution < -0.4 is 5.32 Å². The number of hydrogen-bond acceptors (Lipinski definition) is 8. The molecular weight excluding hydrogens is 769 g/mol. The minimum Gasteiger partial charge on any atom is -0.480 e. The van der Waals surface area contributed by atoms with E-state index in [1.54, 1.807) is 0 Å². The van der Waals surface area contributed by atoms with Crippen LogP contribution in [0.1, 0.15) is 187 Å². The third kappa shape index (κ3) is 41.7. The van der Waals surface area contributed by atoms with Crippen molar-refractivity contribution >= 4 is 25.7 Å². The van der Waals surface area contributed by atoms with Crippen LogP contribution in [0.4, 0.5) is 0 Å². The molecule has 3 unspecified atom stereocenters. The number of aliphatic hydroxyl groups excluding tert-OH is 1. The fourth-order valence-corrected chi connectivity index (χ4v) is 6.82. The average molecular weight is 852 g/mol. The summed E-state index contributed by atoms with van der Waals surface area (Å²) in [6.07, 6.45) is 48.1. The van der Waals surface area contributed by atoms with Crippen LogP contribution in [0, 0.1) is 0 Å². The number of rotatable bonds is 42. The van der Waals surface area contributed by atoms with Gasteiger partial charge in [-0.3, -0.25) is 18.6 Å². The van der Waals surface area contributed by atoms with Crippen molar-refractivity contribution in [1.82, 2.24) is 5.32 Å². The lowest BCUT2D eigenvalue weighted by molar-refractivity contribution is -0.147. The number of esters is 1. The number of carboxylic acid groups (broad SMARTS) is 1. The molecule has 12 heteroatoms. The van der Waals surface area contributed by atoms with E-state index in [2.05, 4.69) is 79.9 Å². The summed E-state index contributed by atoms with van der Waals surface area (Å²) in [7, 11) is -4.77. The minimum atomic E-state index is -4.77. The van der Waals surface area contributed by atoms with Gasteiger partial charge >= 0.3 is 19.8 Å². The largest absolute Gasteiger partial charge is 0.480 e. The number of aliphatic carboxylic acids is 1. The maximum absolute atomic E-state index is 12.3. The fraction of sp³-hybridized carbons (Fsp3) is 0.723. The van der Waals surface area contributed by atoms with Crippen LogP contribution >= 0.6 is 7.82 Å². The zero-order chi connectivity index (χ0) is 43.5. The Morgan fingerprint density at radius 3 is 1.47 bits per heavy atom. The molecule has 59 heavy (non-hydrogen) atoms. The van der Waals surface area contributed by atoms with E-state index < -0.39 is 57.6 Å². The predicted molar refractivity (Wildman–Crippen MR) is 240 cm³/mol. The smallest absolute Gasteiger partial charge is 0.472 e. The van der Waals surface area contributed by atoms with Gasteiger partial charge < -0.3 is 25.2 Å². The number of carbonyl (C=O) groups excluding carboxylic acids is 2. The van der Waals surface area contributed by atoms with Crippen LogP contribution in [0.5, 0.6) is 0 Å². The van der Waals surface area contributed by atoms with Crippen molar-refractivity contribution in [2.75, 3.05) is 19.8 Å². The Bertz CT molecular complexity index is 1230. The quantitative estimate of drug-likeness (QED) is 0.0201. The van der Waals surface area contributed by atoms with Crippen molar-refractivity contribution in [3.8, 4) is 0 Å². The summed E-state index contributed by atoms with van der Waals surface area (Å²) in [6, 6.07) is -1.57. The third-order valence-electron chi connectivity index (χ3n) is 9.57. The van der Waals surface area contributed by atoms with Gasteiger partial charge in [0.1, 0.15) is 12.7 Å². The lowest BCUT2D eigenvalue weighted by atomic mass is 10.0. The second kappa shape index (κ2) is 41.9. The molecule has 0 aliphatic heterocycles. The molecule has 0 aromatic rings. The van der Waals surface area contributed by atoms with Gasteiger partial charge in [-0.15, -0.1) is 0 Å². The molecule has 0 aliphatic carbocycles. The van der Waals surface area contributed by atoms with Crippen molar-refractivity contribution in [2.24, 2.45) is 0 Å². The van der Waals surface area contributed by atoms with E-state index in [9.17, 15) is 34.1 Å². The summed E-state index contributed by atoms with van der Waals surface area (Å²) < 4.78 is 26.8. The second-order valence-corrected chi connectivity index (χ2v) is 16.7. The zero-order valence-corrected chi connectivity index (χ0v) is 37.7. The first-order valence-corrected chi connectivity index (χ1v) is 24.3. The molecule has 340 valence electrons. The van der Waals surface area contributed by atoms with Crippen molar-refractivity contribution in [3.63, 3.8) is 0 Å². The Hall–Kier alpha value is -2.82. The van der Waals surface area contributed by atoms with Gasteiger partial charge in [0.25, 0.3) is 0 Å². The summed E-state index contributed by atoms with van der Waals surface area (Å²) in [5.74, 6) is -2.42. The highest BCUT2D eigenvalue weighted by molar-refractivity contribution is 7.47. The second-order valence-electron chi connectivity index (χ2n) is 15.2. The summed E-state index contributed by atoms with van der Waals surface area (Å²) in [5, 5.41) is 21.8. The molecule has 0 rings (SSSR count). The Morgan fingerprint density at radius 1 is 0.559 bits per heavy atom. The maximum Gasteiger partial charge on any atom is 0.472 e. The molecule has 11 nitrogen and oxygen atoms in total. The number of carboxylic acids is 1. The van der Waals surface area contributed by atoms with E-state index in [1.807, 2.05) is 0 Å². The number of phosphoric acid groups is 1. The van der Waals surface area contributed by atoms with E-state index in [0.29, 0.717) is 12.8 Å². The van der Waals surface area contributed by atoms with Crippen molar-refractivity contribution in [1.29, 1.82) is 0 Å². The number of amides is 1. The Kier molecular flexibility index (Phi) is 39.9. The average Bonchev–Trinajstić information content (AvgIpc) is 3.21. The van der Waals surface area contributed by atoms with Crippen LogP contribution in [-0.4, -0.2) is 64.9 Å². The SMILES string of the molecule is CC/C=C\C/C=C\C/C=C\C/C=C\C/C=C\CCCCCC(=O)NC(COP(=O)(O)OCC(O)COC(=O)CCCCCCCCCCCCCCCCCC)C(=O)O. The molecule has 4 N–H and O–H groups in total. The first-order chi connectivity index (χ1) is 28.6. The predicted octanol–water partition coefficient (Wildman–Crippen LogP) is 11.9. The van der Waals surface area contributed by atoms with Crippen LogP contribution in [0.15, 0.2) is 60.8 Å². The van der Waals surface area contributed by atoms with Crippen LogP contribution in [0.3, 0.4) is 0 Å². The van der Waals surface area contributed by atoms with Crippen LogP contribution in [0.2, 0.25) is 0 Å². The Balaban J connectivity index is 3.95. The lowest BCUT2D eigenvalue weighted by Gasteiger charge is -2.18. The molecule has 0 radical (unpaired) electrons. The van der Waals surface area contributed by atoms with Gasteiger partial charge in [-0.1, -0.05) is 177 Å². The molecule has 0 bridgehead atoms. The van der Waals surface area contributed by atoms with Gasteiger partial charge in [0.2, 0.25) is 5.91 Å². The summed E-state index contributed by atoms with van der Waals surface area (Å²) in [4.78, 5) is 46.0. The molecule has 0 aliphatic rings. The molecule has 0 saturated heterocycles. The van der Waals surface area contributed by atoms with Gasteiger partial charge in [-0.25, -0.2) is 9.36 Å². The number of carbonyl (C=O) groups is 3. The number of ether oxygens (including phenoxy) is 1. The van der Waals surface area contributed by atoms with E-state index in [4.69, 9.17) is 13.8 Å². The molecule has 3 atom stereocenters. The van der Waals surface area contributed by atoms with Crippen molar-refractivity contribution in [2.45, 2.75) is 199 Å². The van der Waals surface area contributed by atoms with Crippen molar-refractivity contribution < 1.29 is 47.8 Å². The fourth-order valence-electron chi connectivity index (χ4n) is 6.05. The summed E-state index contributed by atoms with van der Waals surface area (Å²) >= 11 is 0. The highest BCUT2D eigenvalue weighted by Gasteiger charge is 2.28. The monoisotopic (exact) mass is 852 g/mol. The highest BCUT2D eigenvalue weighted by Crippen LogP contribution is 2.43. The highest BCUT2D eigenvalue weighted by atomic mass is 31.2. The molecule has 0 aromatic carbocycles. The van der Waals surface area contributed by atoms with Crippen LogP contribution in [-0.2, 0) is 32.7 Å². The van der Waals surface area contributed by atoms with E-state index >= 15 is 0 Å². The zero-order valence-electron chi connectivity index (χ0n) is 36.8. The standard InChI is InChI=1S/C47H82NO10P/c1-3-5-7-9-11-13-15-17-19-21-22-23-24-26-28-30-32-34-36-38-45(50)48-44(47(52)53)42-58-59(54,55)57-41-43(49)40-56-46(51)39-37-35-33-31-29-27-25-20-18-16-14-12-10-8-6-4-2/h5,7,11,13,17,19,22-23,26,28,43-44,49H,3-4,6,8-10,12,14-16,18,20-21,24-25,27,29-42H2,1-2H3,(H,48,50)(H,52,53)(H,54,55)/b7-5-,13-11-,19-17-,23-22-,28-26-. The number of nitrogens with one attached hydrogen (secondary N) is 1. The normalized spacial score (nSPS) is 14.2. The number of hydrogen-bond donors (Lipinski definition) is 4. The minimum absolute atomic E-state index is 0.104. The summed E-state index contributed by atoms with van der Waals surface area (Å²) in [5.41, 5.74) is 0. The third-order valence-corrected chi connectivity index (χ3v) is 10.5. The van der Waals surface area contributed by atoms with Gasteiger partial charge in [-0.05, 0) is 57.8 Å². The molecule has 0 saturated carbocycles. The Labute approximate surface area is 357 Å². The molecule has 0 fully saturated rings. The molecule has 0 aromatic heterocycles. The van der Waals surface area contributed by atoms with Gasteiger partial charge in [0.15, 0.2) is 6.04 Å². The Morgan fingerprint density at radius 2 is 0.983 bits per heavy atom. The topological polar surface area (TPSA) is 169 Å². The van der Waals surface area contributed by atoms with Crippen LogP contribution in [0.25, 0.3) is 0 Å². The van der Waals surface area contributed by atoms with E-state index in [1.165, 1.54) is 77.0 Å². The summed E-state index contributed by atoms with van der Waals surface area (Å²) in [6.45, 7) is 2.46. The molecule has 1 amide bonds. The first-order valence-electron chi connectivity index (χ1n) is 22.8. The molecule has 0 spiro atoms. The molecule has 0 heterocycles. The van der Waals surface area contributed by atoms with E-state index in [-0.39, 0.29) is 12.8 Å².